The summed E-state index contributed by atoms with van der Waals surface area (Å²) in [6.45, 7) is 4.70. The largest absolute Gasteiger partial charge is 0.329 e. The Balaban J connectivity index is 1.79. The van der Waals surface area contributed by atoms with E-state index < -0.39 is 17.5 Å². The average Bonchev–Trinajstić information content (AvgIpc) is 2.91. The van der Waals surface area contributed by atoms with Gasteiger partial charge in [0.2, 0.25) is 0 Å². The van der Waals surface area contributed by atoms with E-state index in [1.807, 2.05) is 24.5 Å². The summed E-state index contributed by atoms with van der Waals surface area (Å²) in [5, 5.41) is 3.63. The molecule has 1 aromatic heterocycles. The predicted octanol–water partition coefficient (Wildman–Crippen LogP) is 3.41. The zero-order valence-corrected chi connectivity index (χ0v) is 13.8. The zero-order valence-electron chi connectivity index (χ0n) is 13.8. The minimum absolute atomic E-state index is 0.310. The zero-order chi connectivity index (χ0) is 18.0. The fourth-order valence-electron chi connectivity index (χ4n) is 2.64. The summed E-state index contributed by atoms with van der Waals surface area (Å²) in [6.07, 6.45) is 0.942. The normalized spacial score (nSPS) is 11.4. The van der Waals surface area contributed by atoms with Crippen molar-refractivity contribution in [2.45, 2.75) is 20.4 Å². The van der Waals surface area contributed by atoms with Crippen LogP contribution in [0.15, 0.2) is 41.5 Å². The number of aromatic nitrogens is 2. The molecule has 1 amide bonds. The number of halogens is 2. The molecule has 7 heteroatoms. The standard InChI is InChI=1S/C18H16F2N4O/c1-3-24-11(2)22-16-9-12(7-8-17(16)24)18(25)23-21-10-13-14(19)5-4-6-15(13)20/h4-10H,3H2,1-2H3,(H,23,25)/b21-10-. The first-order valence-electron chi connectivity index (χ1n) is 7.75. The first kappa shape index (κ1) is 16.8. The van der Waals surface area contributed by atoms with Gasteiger partial charge in [-0.3, -0.25) is 4.79 Å². The van der Waals surface area contributed by atoms with E-state index in [2.05, 4.69) is 15.5 Å². The molecular formula is C18H16F2N4O. The Hall–Kier alpha value is -3.09. The summed E-state index contributed by atoms with van der Waals surface area (Å²) in [7, 11) is 0. The smallest absolute Gasteiger partial charge is 0.271 e. The van der Waals surface area contributed by atoms with E-state index in [-0.39, 0.29) is 5.56 Å². The quantitative estimate of drug-likeness (QED) is 0.583. The molecule has 2 aromatic carbocycles. The molecule has 3 rings (SSSR count). The summed E-state index contributed by atoms with van der Waals surface area (Å²) >= 11 is 0. The molecule has 128 valence electrons. The van der Waals surface area contributed by atoms with Crippen molar-refractivity contribution in [3.8, 4) is 0 Å². The number of aryl methyl sites for hydroxylation is 2. The Labute approximate surface area is 143 Å². The van der Waals surface area contributed by atoms with Gasteiger partial charge in [-0.2, -0.15) is 5.10 Å². The molecule has 0 aliphatic carbocycles. The number of benzene rings is 2. The van der Waals surface area contributed by atoms with Gasteiger partial charge in [0.05, 0.1) is 22.8 Å². The molecule has 0 unspecified atom stereocenters. The van der Waals surface area contributed by atoms with Gasteiger partial charge in [-0.05, 0) is 44.2 Å². The third kappa shape index (κ3) is 3.26. The maximum Gasteiger partial charge on any atom is 0.271 e. The highest BCUT2D eigenvalue weighted by molar-refractivity contribution is 5.98. The molecule has 3 aromatic rings. The molecule has 0 saturated heterocycles. The van der Waals surface area contributed by atoms with Crippen LogP contribution in [-0.4, -0.2) is 21.7 Å². The SMILES string of the molecule is CCn1c(C)nc2cc(C(=O)N/N=C\c3c(F)cccc3F)ccc21. The van der Waals surface area contributed by atoms with E-state index in [9.17, 15) is 13.6 Å². The van der Waals surface area contributed by atoms with Crippen molar-refractivity contribution < 1.29 is 13.6 Å². The second-order valence-electron chi connectivity index (χ2n) is 5.44. The van der Waals surface area contributed by atoms with Crippen molar-refractivity contribution in [1.29, 1.82) is 0 Å². The number of hydrogen-bond donors (Lipinski definition) is 1. The number of nitrogens with zero attached hydrogens (tertiary/aromatic N) is 3. The van der Waals surface area contributed by atoms with Crippen molar-refractivity contribution in [1.82, 2.24) is 15.0 Å². The Bertz CT molecular complexity index is 958. The molecule has 25 heavy (non-hydrogen) atoms. The van der Waals surface area contributed by atoms with Gasteiger partial charge >= 0.3 is 0 Å². The first-order valence-corrected chi connectivity index (χ1v) is 7.75. The fraction of sp³-hybridized carbons (Fsp3) is 0.167. The minimum atomic E-state index is -0.750. The lowest BCUT2D eigenvalue weighted by Gasteiger charge is -2.03. The number of nitrogens with one attached hydrogen (secondary N) is 1. The number of carbonyl (C=O) groups is 1. The van der Waals surface area contributed by atoms with Crippen LogP contribution in [0, 0.1) is 18.6 Å². The second-order valence-corrected chi connectivity index (χ2v) is 5.44. The van der Waals surface area contributed by atoms with Crippen LogP contribution in [0.25, 0.3) is 11.0 Å². The number of amides is 1. The molecule has 1 heterocycles. The van der Waals surface area contributed by atoms with Gasteiger partial charge in [-0.25, -0.2) is 19.2 Å². The minimum Gasteiger partial charge on any atom is -0.329 e. The number of hydrazone groups is 1. The Kier molecular flexibility index (Phi) is 4.56. The number of hydrogen-bond acceptors (Lipinski definition) is 3. The van der Waals surface area contributed by atoms with Crippen LogP contribution in [0.3, 0.4) is 0 Å². The van der Waals surface area contributed by atoms with Crippen LogP contribution < -0.4 is 5.43 Å². The van der Waals surface area contributed by atoms with Crippen LogP contribution in [0.4, 0.5) is 8.78 Å². The van der Waals surface area contributed by atoms with Crippen LogP contribution in [0.2, 0.25) is 0 Å². The number of fused-ring (bicyclic) bond motifs is 1. The lowest BCUT2D eigenvalue weighted by Crippen LogP contribution is -2.17. The highest BCUT2D eigenvalue weighted by atomic mass is 19.1. The molecule has 0 aliphatic rings. The summed E-state index contributed by atoms with van der Waals surface area (Å²) in [5.41, 5.74) is 3.96. The van der Waals surface area contributed by atoms with Gasteiger partial charge in [-0.1, -0.05) is 6.07 Å². The topological polar surface area (TPSA) is 59.3 Å². The van der Waals surface area contributed by atoms with Crippen molar-refractivity contribution in [2.75, 3.05) is 0 Å². The van der Waals surface area contributed by atoms with Crippen LogP contribution in [0.1, 0.15) is 28.7 Å². The third-order valence-electron chi connectivity index (χ3n) is 3.88. The van der Waals surface area contributed by atoms with Gasteiger partial charge in [0, 0.05) is 12.1 Å². The molecule has 0 saturated carbocycles. The lowest BCUT2D eigenvalue weighted by atomic mass is 10.2. The predicted molar refractivity (Wildman–Crippen MR) is 91.6 cm³/mol. The highest BCUT2D eigenvalue weighted by Crippen LogP contribution is 2.17. The first-order chi connectivity index (χ1) is 12.0. The molecule has 0 aliphatic heterocycles. The third-order valence-corrected chi connectivity index (χ3v) is 3.88. The van der Waals surface area contributed by atoms with Gasteiger partial charge < -0.3 is 4.57 Å². The molecule has 0 radical (unpaired) electrons. The van der Waals surface area contributed by atoms with Crippen molar-refractivity contribution >= 4 is 23.2 Å². The maximum atomic E-state index is 13.5. The molecule has 0 spiro atoms. The van der Waals surface area contributed by atoms with Crippen LogP contribution in [-0.2, 0) is 6.54 Å². The van der Waals surface area contributed by atoms with Gasteiger partial charge in [0.1, 0.15) is 17.5 Å². The van der Waals surface area contributed by atoms with Gasteiger partial charge in [0.15, 0.2) is 0 Å². The Morgan fingerprint density at radius 2 is 2.00 bits per heavy atom. The van der Waals surface area contributed by atoms with Crippen molar-refractivity contribution in [3.63, 3.8) is 0 Å². The number of rotatable bonds is 4. The average molecular weight is 342 g/mol. The Morgan fingerprint density at radius 1 is 1.28 bits per heavy atom. The summed E-state index contributed by atoms with van der Waals surface area (Å²) in [6, 6.07) is 8.62. The molecule has 0 atom stereocenters. The molecule has 0 fully saturated rings. The van der Waals surface area contributed by atoms with E-state index in [0.29, 0.717) is 11.1 Å². The number of imidazole rings is 1. The molecular weight excluding hydrogens is 326 g/mol. The van der Waals surface area contributed by atoms with Crippen LogP contribution in [0.5, 0.6) is 0 Å². The lowest BCUT2D eigenvalue weighted by molar-refractivity contribution is 0.0955. The van der Waals surface area contributed by atoms with E-state index in [1.54, 1.807) is 12.1 Å². The summed E-state index contributed by atoms with van der Waals surface area (Å²) < 4.78 is 29.0. The van der Waals surface area contributed by atoms with E-state index in [0.717, 1.165) is 36.2 Å². The van der Waals surface area contributed by atoms with Crippen molar-refractivity contribution in [2.24, 2.45) is 5.10 Å². The van der Waals surface area contributed by atoms with E-state index in [1.165, 1.54) is 6.07 Å². The van der Waals surface area contributed by atoms with Crippen LogP contribution >= 0.6 is 0 Å². The monoisotopic (exact) mass is 342 g/mol. The Morgan fingerprint density at radius 3 is 2.68 bits per heavy atom. The maximum absolute atomic E-state index is 13.5. The van der Waals surface area contributed by atoms with Crippen molar-refractivity contribution in [3.05, 3.63) is 65.0 Å². The second kappa shape index (κ2) is 6.80. The van der Waals surface area contributed by atoms with Gasteiger partial charge in [-0.15, -0.1) is 0 Å². The van der Waals surface area contributed by atoms with E-state index >= 15 is 0 Å². The number of carbonyl (C=O) groups excluding carboxylic acids is 1. The fourth-order valence-corrected chi connectivity index (χ4v) is 2.64. The highest BCUT2D eigenvalue weighted by Gasteiger charge is 2.11. The van der Waals surface area contributed by atoms with Gasteiger partial charge in [0.25, 0.3) is 5.91 Å². The van der Waals surface area contributed by atoms with E-state index in [4.69, 9.17) is 0 Å². The molecule has 5 nitrogen and oxygen atoms in total. The summed E-state index contributed by atoms with van der Waals surface area (Å²) in [5.74, 6) is -1.12. The molecule has 0 bridgehead atoms. The molecule has 1 N–H and O–H groups in total. The summed E-state index contributed by atoms with van der Waals surface area (Å²) in [4.78, 5) is 16.6.